The lowest BCUT2D eigenvalue weighted by atomic mass is 10.1. The van der Waals surface area contributed by atoms with Crippen LogP contribution in [0, 0.1) is 12.7 Å². The van der Waals surface area contributed by atoms with Crippen LogP contribution >= 0.6 is 34.9 Å². The van der Waals surface area contributed by atoms with Gasteiger partial charge in [0.15, 0.2) is 15.3 Å². The van der Waals surface area contributed by atoms with E-state index in [1.54, 1.807) is 18.2 Å². The number of hydrogen-bond donors (Lipinski definition) is 2. The first-order valence-corrected chi connectivity index (χ1v) is 15.1. The maximum absolute atomic E-state index is 13.1. The minimum atomic E-state index is -0.273. The van der Waals surface area contributed by atoms with Crippen molar-refractivity contribution in [3.8, 4) is 11.4 Å². The molecule has 2 aromatic heterocycles. The summed E-state index contributed by atoms with van der Waals surface area (Å²) in [5.74, 6) is 0.701. The second-order valence-electron chi connectivity index (χ2n) is 8.84. The number of carbonyl (C=O) groups is 2. The van der Waals surface area contributed by atoms with Gasteiger partial charge in [-0.05, 0) is 60.5 Å². The Kier molecular flexibility index (Phi) is 9.07. The Morgan fingerprint density at radius 1 is 0.902 bits per heavy atom. The molecule has 0 atom stereocenters. The van der Waals surface area contributed by atoms with Crippen molar-refractivity contribution >= 4 is 57.5 Å². The fraction of sp³-hybridized carbons (Fsp3) is 0.143. The molecule has 0 unspecified atom stereocenters. The molecule has 41 heavy (non-hydrogen) atoms. The molecule has 2 N–H and O–H groups in total. The van der Waals surface area contributed by atoms with Crippen molar-refractivity contribution in [1.29, 1.82) is 0 Å². The minimum Gasteiger partial charge on any atom is -0.322 e. The molecule has 13 heteroatoms. The summed E-state index contributed by atoms with van der Waals surface area (Å²) in [6, 6.07) is 21.1. The highest BCUT2D eigenvalue weighted by Gasteiger charge is 2.15. The van der Waals surface area contributed by atoms with Crippen LogP contribution in [0.5, 0.6) is 0 Å². The number of nitrogens with one attached hydrogen (secondary N) is 2. The Hall–Kier alpha value is -4.07. The van der Waals surface area contributed by atoms with E-state index in [-0.39, 0.29) is 23.4 Å². The van der Waals surface area contributed by atoms with Gasteiger partial charge < -0.3 is 9.88 Å². The van der Waals surface area contributed by atoms with E-state index in [4.69, 9.17) is 0 Å². The Bertz CT molecular complexity index is 1670. The van der Waals surface area contributed by atoms with Crippen molar-refractivity contribution in [3.05, 3.63) is 95.3 Å². The largest absolute Gasteiger partial charge is 0.322 e. The van der Waals surface area contributed by atoms with E-state index >= 15 is 0 Å². The zero-order valence-corrected chi connectivity index (χ0v) is 24.4. The number of aryl methyl sites for hydroxylation is 1. The Balaban J connectivity index is 1.12. The van der Waals surface area contributed by atoms with E-state index in [0.717, 1.165) is 16.7 Å². The van der Waals surface area contributed by atoms with Gasteiger partial charge in [0.2, 0.25) is 11.0 Å². The van der Waals surface area contributed by atoms with E-state index in [1.807, 2.05) is 61.0 Å². The molecule has 9 nitrogen and oxygen atoms in total. The van der Waals surface area contributed by atoms with Crippen molar-refractivity contribution in [3.63, 3.8) is 0 Å². The predicted octanol–water partition coefficient (Wildman–Crippen LogP) is 6.06. The van der Waals surface area contributed by atoms with Crippen LogP contribution in [0.25, 0.3) is 11.4 Å². The number of aromatic nitrogens is 5. The molecule has 2 heterocycles. The van der Waals surface area contributed by atoms with Crippen molar-refractivity contribution in [2.45, 2.75) is 22.2 Å². The zero-order chi connectivity index (χ0) is 28.8. The lowest BCUT2D eigenvalue weighted by molar-refractivity contribution is -0.113. The lowest BCUT2D eigenvalue weighted by Crippen LogP contribution is -2.14. The quantitative estimate of drug-likeness (QED) is 0.146. The molecule has 3 aromatic carbocycles. The fourth-order valence-electron chi connectivity index (χ4n) is 3.75. The molecule has 0 radical (unpaired) electrons. The molecule has 208 valence electrons. The van der Waals surface area contributed by atoms with Gasteiger partial charge >= 0.3 is 0 Å². The zero-order valence-electron chi connectivity index (χ0n) is 22.0. The van der Waals surface area contributed by atoms with Gasteiger partial charge in [-0.3, -0.25) is 14.9 Å². The molecule has 0 bridgehead atoms. The number of amides is 2. The Labute approximate surface area is 248 Å². The van der Waals surface area contributed by atoms with Crippen LogP contribution in [-0.2, 0) is 17.6 Å². The SMILES string of the molecule is Cc1ccccc1C(=O)Nc1ccc(-c2nnc(SCC(=O)Nc3nnc(SCc4ccc(F)cc4)s3)n2C)cc1. The van der Waals surface area contributed by atoms with Crippen molar-refractivity contribution < 1.29 is 14.0 Å². The van der Waals surface area contributed by atoms with Gasteiger partial charge in [0, 0.05) is 29.6 Å². The van der Waals surface area contributed by atoms with Gasteiger partial charge in [0.1, 0.15) is 5.82 Å². The monoisotopic (exact) mass is 605 g/mol. The molecule has 0 saturated heterocycles. The number of rotatable bonds is 10. The smallest absolute Gasteiger partial charge is 0.255 e. The molecule has 2 amide bonds. The number of thioether (sulfide) groups is 2. The van der Waals surface area contributed by atoms with Crippen LogP contribution in [0.3, 0.4) is 0 Å². The third-order valence-electron chi connectivity index (χ3n) is 5.89. The highest BCUT2D eigenvalue weighted by molar-refractivity contribution is 8.00. The number of hydrogen-bond acceptors (Lipinski definition) is 9. The Morgan fingerprint density at radius 3 is 2.41 bits per heavy atom. The standard InChI is InChI=1S/C28H24FN7O2S3/c1-17-5-3-4-6-22(17)25(38)30-21-13-9-19(10-14-21)24-32-34-27(36(24)2)39-16-23(37)31-26-33-35-28(41-26)40-15-18-7-11-20(29)12-8-18/h3-14H,15-16H2,1-2H3,(H,30,38)(H,31,33,37). The summed E-state index contributed by atoms with van der Waals surface area (Å²) in [7, 11) is 1.83. The third-order valence-corrected chi connectivity index (χ3v) is 8.95. The summed E-state index contributed by atoms with van der Waals surface area (Å²) >= 11 is 4.00. The average Bonchev–Trinajstić information content (AvgIpc) is 3.58. The van der Waals surface area contributed by atoms with E-state index < -0.39 is 0 Å². The van der Waals surface area contributed by atoms with Crippen molar-refractivity contribution in [1.82, 2.24) is 25.0 Å². The second-order valence-corrected chi connectivity index (χ2v) is 12.0. The first-order chi connectivity index (χ1) is 19.9. The van der Waals surface area contributed by atoms with Crippen molar-refractivity contribution in [2.75, 3.05) is 16.4 Å². The molecular formula is C28H24FN7O2S3. The van der Waals surface area contributed by atoms with Crippen LogP contribution in [0.1, 0.15) is 21.5 Å². The van der Waals surface area contributed by atoms with Crippen molar-refractivity contribution in [2.24, 2.45) is 7.05 Å². The minimum absolute atomic E-state index is 0.119. The summed E-state index contributed by atoms with van der Waals surface area (Å²) in [6.45, 7) is 1.90. The summed E-state index contributed by atoms with van der Waals surface area (Å²) in [5.41, 5.74) is 4.00. The summed E-state index contributed by atoms with van der Waals surface area (Å²) in [4.78, 5) is 25.1. The number of carbonyl (C=O) groups excluding carboxylic acids is 2. The maximum atomic E-state index is 13.1. The first kappa shape index (κ1) is 28.5. The lowest BCUT2D eigenvalue weighted by Gasteiger charge is -2.08. The number of nitrogens with zero attached hydrogens (tertiary/aromatic N) is 5. The highest BCUT2D eigenvalue weighted by atomic mass is 32.2. The van der Waals surface area contributed by atoms with E-state index in [2.05, 4.69) is 31.0 Å². The van der Waals surface area contributed by atoms with Gasteiger partial charge in [-0.1, -0.05) is 65.2 Å². The average molecular weight is 606 g/mol. The molecule has 0 spiro atoms. The fourth-order valence-corrected chi connectivity index (χ4v) is 6.19. The molecule has 0 aliphatic rings. The predicted molar refractivity (Wildman–Crippen MR) is 161 cm³/mol. The molecule has 0 aliphatic carbocycles. The van der Waals surface area contributed by atoms with Crippen LogP contribution in [0.2, 0.25) is 0 Å². The maximum Gasteiger partial charge on any atom is 0.255 e. The molecule has 5 aromatic rings. The number of anilines is 2. The van der Waals surface area contributed by atoms with Gasteiger partial charge in [-0.2, -0.15) is 0 Å². The normalized spacial score (nSPS) is 10.9. The Morgan fingerprint density at radius 2 is 1.66 bits per heavy atom. The van der Waals surface area contributed by atoms with Gasteiger partial charge in [-0.15, -0.1) is 20.4 Å². The molecular weight excluding hydrogens is 582 g/mol. The van der Waals surface area contributed by atoms with Gasteiger partial charge in [0.25, 0.3) is 5.91 Å². The van der Waals surface area contributed by atoms with Crippen LogP contribution < -0.4 is 10.6 Å². The van der Waals surface area contributed by atoms with Crippen LogP contribution in [0.15, 0.2) is 82.3 Å². The van der Waals surface area contributed by atoms with E-state index in [9.17, 15) is 14.0 Å². The number of benzene rings is 3. The first-order valence-electron chi connectivity index (χ1n) is 12.4. The van der Waals surface area contributed by atoms with Gasteiger partial charge in [-0.25, -0.2) is 4.39 Å². The van der Waals surface area contributed by atoms with Gasteiger partial charge in [0.05, 0.1) is 5.75 Å². The second kappa shape index (κ2) is 13.1. The molecule has 0 fully saturated rings. The summed E-state index contributed by atoms with van der Waals surface area (Å²) in [6.07, 6.45) is 0. The highest BCUT2D eigenvalue weighted by Crippen LogP contribution is 2.29. The third kappa shape index (κ3) is 7.37. The summed E-state index contributed by atoms with van der Waals surface area (Å²) in [5, 5.41) is 23.3. The molecule has 0 aliphatic heterocycles. The summed E-state index contributed by atoms with van der Waals surface area (Å²) < 4.78 is 15.6. The van der Waals surface area contributed by atoms with E-state index in [1.165, 1.54) is 47.0 Å². The van der Waals surface area contributed by atoms with Crippen LogP contribution in [0.4, 0.5) is 15.2 Å². The topological polar surface area (TPSA) is 115 Å². The van der Waals surface area contributed by atoms with E-state index in [0.29, 0.717) is 37.5 Å². The number of halogens is 1. The van der Waals surface area contributed by atoms with Crippen LogP contribution in [-0.4, -0.2) is 42.5 Å². The molecule has 5 rings (SSSR count). The molecule has 0 saturated carbocycles.